The van der Waals surface area contributed by atoms with Crippen LogP contribution in [0.4, 0.5) is 0 Å². The minimum Gasteiger partial charge on any atom is -0.473 e. The van der Waals surface area contributed by atoms with Gasteiger partial charge in [0.1, 0.15) is 6.10 Å². The second-order valence-electron chi connectivity index (χ2n) is 6.25. The van der Waals surface area contributed by atoms with Crippen LogP contribution in [-0.4, -0.2) is 55.2 Å². The molecule has 0 radical (unpaired) electrons. The van der Waals surface area contributed by atoms with Crippen LogP contribution in [-0.2, 0) is 14.8 Å². The minimum atomic E-state index is -3.62. The van der Waals surface area contributed by atoms with Gasteiger partial charge < -0.3 is 9.47 Å². The van der Waals surface area contributed by atoms with E-state index in [0.717, 1.165) is 5.69 Å². The second kappa shape index (κ2) is 8.01. The van der Waals surface area contributed by atoms with Gasteiger partial charge in [-0.15, -0.1) is 5.10 Å². The highest BCUT2D eigenvalue weighted by Gasteiger charge is 2.30. The molecule has 1 aliphatic rings. The average Bonchev–Trinajstić information content (AvgIpc) is 2.69. The van der Waals surface area contributed by atoms with Crippen molar-refractivity contribution in [3.05, 3.63) is 47.7 Å². The van der Waals surface area contributed by atoms with Crippen molar-refractivity contribution in [2.75, 3.05) is 20.2 Å². The number of aromatic nitrogens is 2. The fourth-order valence-corrected chi connectivity index (χ4v) is 4.31. The molecule has 0 bridgehead atoms. The number of carbonyl (C=O) groups is 1. The van der Waals surface area contributed by atoms with E-state index in [2.05, 4.69) is 14.9 Å². The zero-order chi connectivity index (χ0) is 19.4. The van der Waals surface area contributed by atoms with Crippen molar-refractivity contribution in [2.45, 2.75) is 30.8 Å². The summed E-state index contributed by atoms with van der Waals surface area (Å²) >= 11 is 0. The summed E-state index contributed by atoms with van der Waals surface area (Å²) in [6.45, 7) is 2.55. The third-order valence-electron chi connectivity index (χ3n) is 4.37. The van der Waals surface area contributed by atoms with Gasteiger partial charge in [0.25, 0.3) is 0 Å². The van der Waals surface area contributed by atoms with Crippen molar-refractivity contribution >= 4 is 16.0 Å². The van der Waals surface area contributed by atoms with Gasteiger partial charge in [-0.2, -0.15) is 9.40 Å². The quantitative estimate of drug-likeness (QED) is 0.717. The Kier molecular flexibility index (Phi) is 5.71. The largest absolute Gasteiger partial charge is 0.473 e. The molecular formula is C18H21N3O5S. The summed E-state index contributed by atoms with van der Waals surface area (Å²) in [6.07, 6.45) is 1.03. The van der Waals surface area contributed by atoms with Crippen LogP contribution in [0.3, 0.4) is 0 Å². The Balaban J connectivity index is 1.62. The summed E-state index contributed by atoms with van der Waals surface area (Å²) in [6, 6.07) is 9.32. The SMILES string of the molecule is COC(=O)c1ccc(S(=O)(=O)N2CCC(Oc3ccc(C)nn3)CC2)cc1. The first-order valence-corrected chi connectivity index (χ1v) is 9.99. The molecule has 2 heterocycles. The topological polar surface area (TPSA) is 98.7 Å². The van der Waals surface area contributed by atoms with Gasteiger partial charge in [-0.25, -0.2) is 13.2 Å². The van der Waals surface area contributed by atoms with Crippen LogP contribution in [0, 0.1) is 6.92 Å². The fourth-order valence-electron chi connectivity index (χ4n) is 2.84. The van der Waals surface area contributed by atoms with Crippen LogP contribution < -0.4 is 4.74 Å². The highest BCUT2D eigenvalue weighted by Crippen LogP contribution is 2.23. The van der Waals surface area contributed by atoms with Gasteiger partial charge in [0.2, 0.25) is 15.9 Å². The van der Waals surface area contributed by atoms with E-state index in [1.807, 2.05) is 13.0 Å². The van der Waals surface area contributed by atoms with Crippen molar-refractivity contribution in [3.63, 3.8) is 0 Å². The maximum atomic E-state index is 12.8. The summed E-state index contributed by atoms with van der Waals surface area (Å²) in [7, 11) is -2.34. The van der Waals surface area contributed by atoms with Gasteiger partial charge in [-0.05, 0) is 50.1 Å². The molecule has 9 heteroatoms. The third kappa shape index (κ3) is 4.42. The zero-order valence-electron chi connectivity index (χ0n) is 15.2. The molecule has 1 saturated heterocycles. The first-order chi connectivity index (χ1) is 12.9. The molecule has 8 nitrogen and oxygen atoms in total. The molecule has 0 atom stereocenters. The molecule has 27 heavy (non-hydrogen) atoms. The average molecular weight is 391 g/mol. The van der Waals surface area contributed by atoms with Gasteiger partial charge in [0.15, 0.2) is 0 Å². The Morgan fingerprint density at radius 1 is 1.07 bits per heavy atom. The number of benzene rings is 1. The molecule has 1 fully saturated rings. The molecule has 0 aliphatic carbocycles. The molecule has 144 valence electrons. The summed E-state index contributed by atoms with van der Waals surface area (Å²) < 4.78 is 37.4. The molecule has 0 saturated carbocycles. The number of carbonyl (C=O) groups excluding carboxylic acids is 1. The Bertz CT molecular complexity index is 890. The summed E-state index contributed by atoms with van der Waals surface area (Å²) in [5, 5.41) is 7.93. The number of esters is 1. The smallest absolute Gasteiger partial charge is 0.337 e. The van der Waals surface area contributed by atoms with Gasteiger partial charge in [-0.3, -0.25) is 0 Å². The summed E-state index contributed by atoms with van der Waals surface area (Å²) in [5.74, 6) is -0.0589. The summed E-state index contributed by atoms with van der Waals surface area (Å²) in [4.78, 5) is 11.6. The number of sulfonamides is 1. The number of nitrogens with zero attached hydrogens (tertiary/aromatic N) is 3. The zero-order valence-corrected chi connectivity index (χ0v) is 16.0. The monoisotopic (exact) mass is 391 g/mol. The lowest BCUT2D eigenvalue weighted by molar-refractivity contribution is 0.0600. The van der Waals surface area contributed by atoms with Gasteiger partial charge in [0, 0.05) is 19.2 Å². The Hall–Kier alpha value is -2.52. The number of methoxy groups -OCH3 is 1. The molecule has 0 N–H and O–H groups in total. The van der Waals surface area contributed by atoms with Gasteiger partial charge >= 0.3 is 5.97 Å². The predicted molar refractivity (Wildman–Crippen MR) is 97.0 cm³/mol. The minimum absolute atomic E-state index is 0.102. The van der Waals surface area contributed by atoms with E-state index in [1.54, 1.807) is 6.07 Å². The number of aryl methyl sites for hydroxylation is 1. The van der Waals surface area contributed by atoms with E-state index in [-0.39, 0.29) is 11.0 Å². The molecule has 1 aromatic carbocycles. The molecular weight excluding hydrogens is 370 g/mol. The summed E-state index contributed by atoms with van der Waals surface area (Å²) in [5.41, 5.74) is 1.12. The molecule has 0 amide bonds. The molecule has 2 aromatic rings. The van der Waals surface area contributed by atoms with Crippen LogP contribution in [0.25, 0.3) is 0 Å². The lowest BCUT2D eigenvalue weighted by Gasteiger charge is -2.31. The van der Waals surface area contributed by atoms with Crippen LogP contribution >= 0.6 is 0 Å². The van der Waals surface area contributed by atoms with Gasteiger partial charge in [-0.1, -0.05) is 0 Å². The van der Waals surface area contributed by atoms with E-state index < -0.39 is 16.0 Å². The highest BCUT2D eigenvalue weighted by atomic mass is 32.2. The Morgan fingerprint density at radius 3 is 2.30 bits per heavy atom. The van der Waals surface area contributed by atoms with Crippen LogP contribution in [0.1, 0.15) is 28.9 Å². The van der Waals surface area contributed by atoms with Crippen LogP contribution in [0.2, 0.25) is 0 Å². The normalized spacial score (nSPS) is 16.1. The van der Waals surface area contributed by atoms with E-state index in [1.165, 1.54) is 35.7 Å². The molecule has 1 aliphatic heterocycles. The number of ether oxygens (including phenoxy) is 2. The predicted octanol–water partition coefficient (Wildman–Crippen LogP) is 1.80. The lowest BCUT2D eigenvalue weighted by Crippen LogP contribution is -2.41. The Labute approximate surface area is 158 Å². The third-order valence-corrected chi connectivity index (χ3v) is 6.29. The molecule has 0 unspecified atom stereocenters. The maximum absolute atomic E-state index is 12.8. The van der Waals surface area contributed by atoms with Crippen LogP contribution in [0.5, 0.6) is 5.88 Å². The molecule has 0 spiro atoms. The number of hydrogen-bond donors (Lipinski definition) is 0. The van der Waals surface area contributed by atoms with Crippen molar-refractivity contribution in [2.24, 2.45) is 0 Å². The molecule has 3 rings (SSSR count). The Morgan fingerprint density at radius 2 is 1.74 bits per heavy atom. The van der Waals surface area contributed by atoms with Crippen molar-refractivity contribution in [3.8, 4) is 5.88 Å². The number of rotatable bonds is 5. The van der Waals surface area contributed by atoms with Crippen molar-refractivity contribution in [1.82, 2.24) is 14.5 Å². The van der Waals surface area contributed by atoms with Gasteiger partial charge in [0.05, 0.1) is 23.3 Å². The van der Waals surface area contributed by atoms with E-state index in [0.29, 0.717) is 37.4 Å². The first-order valence-electron chi connectivity index (χ1n) is 8.55. The van der Waals surface area contributed by atoms with E-state index in [4.69, 9.17) is 4.74 Å². The van der Waals surface area contributed by atoms with E-state index in [9.17, 15) is 13.2 Å². The number of hydrogen-bond acceptors (Lipinski definition) is 7. The second-order valence-corrected chi connectivity index (χ2v) is 8.19. The molecule has 1 aromatic heterocycles. The maximum Gasteiger partial charge on any atom is 0.337 e. The first kappa shape index (κ1) is 19.2. The van der Waals surface area contributed by atoms with Crippen molar-refractivity contribution < 1.29 is 22.7 Å². The lowest BCUT2D eigenvalue weighted by atomic mass is 10.1. The fraction of sp³-hybridized carbons (Fsp3) is 0.389. The van der Waals surface area contributed by atoms with Crippen LogP contribution in [0.15, 0.2) is 41.3 Å². The highest BCUT2D eigenvalue weighted by molar-refractivity contribution is 7.89. The van der Waals surface area contributed by atoms with E-state index >= 15 is 0 Å². The number of piperidine rings is 1. The standard InChI is InChI=1S/C18H21N3O5S/c1-13-3-8-17(20-19-13)26-15-9-11-21(12-10-15)27(23,24)16-6-4-14(5-7-16)18(22)25-2/h3-8,15H,9-12H2,1-2H3. The van der Waals surface area contributed by atoms with Crippen molar-refractivity contribution in [1.29, 1.82) is 0 Å².